The number of aromatic nitrogens is 3. The van der Waals surface area contributed by atoms with Crippen molar-refractivity contribution in [2.45, 2.75) is 76.6 Å². The molecule has 4 aliphatic heterocycles. The molecule has 0 spiro atoms. The van der Waals surface area contributed by atoms with E-state index < -0.39 is 45.8 Å². The highest BCUT2D eigenvalue weighted by Gasteiger charge is 2.41. The number of nitrogens with one attached hydrogen (secondary N) is 2. The smallest absolute Gasteiger partial charge is 0.276 e. The number of halogens is 3. The Morgan fingerprint density at radius 2 is 1.80 bits per heavy atom. The molecule has 8 bridgehead atoms. The first-order valence-corrected chi connectivity index (χ1v) is 17.8. The number of anilines is 1. The maximum atomic E-state index is 15.9. The molecule has 4 aliphatic rings. The van der Waals surface area contributed by atoms with Gasteiger partial charge < -0.3 is 15.3 Å². The standard InChI is InChI=1S/C32H41F3N6O4S/c1-19-23-6-5-7-26(28(23)33)32(34,35)15-21-16-40(17-21)11-4-3-10-36-27(42)18-41-30-25(29(37-19)38-20(2)39-30)14-24(31(41)43)22-8-12-46(44,45)13-9-22/h5-7,14,19,21-22,27,36,42H,3-4,8-13,15-18H2,1-2H3,(H,37,38,39)/t19-,27?/m0/s1. The fourth-order valence-electron chi connectivity index (χ4n) is 7.02. The van der Waals surface area contributed by atoms with E-state index in [4.69, 9.17) is 0 Å². The molecule has 2 aromatic heterocycles. The zero-order valence-corrected chi connectivity index (χ0v) is 26.9. The van der Waals surface area contributed by atoms with Crippen LogP contribution in [0.4, 0.5) is 19.0 Å². The molecule has 2 saturated heterocycles. The topological polar surface area (TPSA) is 129 Å². The van der Waals surface area contributed by atoms with Gasteiger partial charge in [0.05, 0.1) is 35.0 Å². The second-order valence-corrected chi connectivity index (χ2v) is 15.4. The molecule has 7 rings (SSSR count). The van der Waals surface area contributed by atoms with E-state index in [9.17, 15) is 18.3 Å². The summed E-state index contributed by atoms with van der Waals surface area (Å²) >= 11 is 0. The number of sulfone groups is 1. The average Bonchev–Trinajstić information content (AvgIpc) is 2.96. The molecule has 1 unspecified atom stereocenters. The summed E-state index contributed by atoms with van der Waals surface area (Å²) in [5.41, 5.74) is -0.318. The Morgan fingerprint density at radius 3 is 2.54 bits per heavy atom. The lowest BCUT2D eigenvalue weighted by Crippen LogP contribution is -2.48. The van der Waals surface area contributed by atoms with Crippen LogP contribution in [0.5, 0.6) is 0 Å². The van der Waals surface area contributed by atoms with Crippen LogP contribution in [-0.2, 0) is 22.3 Å². The number of benzene rings is 1. The van der Waals surface area contributed by atoms with E-state index in [0.29, 0.717) is 36.4 Å². The molecule has 0 amide bonds. The first kappa shape index (κ1) is 32.9. The van der Waals surface area contributed by atoms with Crippen LogP contribution in [0, 0.1) is 18.7 Å². The van der Waals surface area contributed by atoms with Crippen LogP contribution < -0.4 is 16.2 Å². The number of fused-ring (bicyclic) bond motifs is 8. The van der Waals surface area contributed by atoms with Crippen molar-refractivity contribution in [2.75, 3.05) is 43.0 Å². The molecule has 0 radical (unpaired) electrons. The molecule has 6 heterocycles. The maximum Gasteiger partial charge on any atom is 0.276 e. The SMILES string of the molecule is Cc1nc2c3cc(C4CCS(=O)(=O)CC4)c(=O)n(c3n1)CC(O)NCCCCN1CC(C1)CC(F)(F)c1cccc(c1F)[C@H](C)N2. The van der Waals surface area contributed by atoms with Gasteiger partial charge in [-0.05, 0) is 70.5 Å². The lowest BCUT2D eigenvalue weighted by Gasteiger charge is -2.41. The summed E-state index contributed by atoms with van der Waals surface area (Å²) in [6, 6.07) is 4.91. The third-order valence-corrected chi connectivity index (χ3v) is 11.3. The third kappa shape index (κ3) is 6.80. The van der Waals surface area contributed by atoms with E-state index in [0.717, 1.165) is 25.5 Å². The lowest BCUT2D eigenvalue weighted by atomic mass is 9.88. The second kappa shape index (κ2) is 12.9. The predicted molar refractivity (Wildman–Crippen MR) is 169 cm³/mol. The Bertz CT molecular complexity index is 1770. The summed E-state index contributed by atoms with van der Waals surface area (Å²) in [5, 5.41) is 17.7. The van der Waals surface area contributed by atoms with Gasteiger partial charge in [-0.25, -0.2) is 31.6 Å². The molecule has 0 aliphatic carbocycles. The number of nitrogens with zero attached hydrogens (tertiary/aromatic N) is 4. The van der Waals surface area contributed by atoms with Gasteiger partial charge >= 0.3 is 0 Å². The van der Waals surface area contributed by atoms with Crippen molar-refractivity contribution in [1.82, 2.24) is 24.8 Å². The molecule has 1 aromatic carbocycles. The molecule has 10 nitrogen and oxygen atoms in total. The van der Waals surface area contributed by atoms with E-state index in [2.05, 4.69) is 25.5 Å². The van der Waals surface area contributed by atoms with Gasteiger partial charge in [0.2, 0.25) is 0 Å². The van der Waals surface area contributed by atoms with Crippen molar-refractivity contribution in [3.05, 3.63) is 63.0 Å². The lowest BCUT2D eigenvalue weighted by molar-refractivity contribution is -0.0592. The van der Waals surface area contributed by atoms with Crippen molar-refractivity contribution < 1.29 is 26.7 Å². The normalized spacial score (nSPS) is 27.3. The number of hydrogen-bond donors (Lipinski definition) is 3. The molecule has 2 fully saturated rings. The van der Waals surface area contributed by atoms with Gasteiger partial charge in [-0.3, -0.25) is 14.7 Å². The van der Waals surface area contributed by atoms with E-state index in [1.807, 2.05) is 0 Å². The number of alkyl halides is 2. The van der Waals surface area contributed by atoms with Crippen molar-refractivity contribution in [1.29, 1.82) is 0 Å². The maximum absolute atomic E-state index is 15.9. The van der Waals surface area contributed by atoms with Gasteiger partial charge in [0.15, 0.2) is 0 Å². The summed E-state index contributed by atoms with van der Waals surface area (Å²) in [7, 11) is -3.19. The second-order valence-electron chi connectivity index (χ2n) is 13.1. The Labute approximate surface area is 266 Å². The third-order valence-electron chi connectivity index (χ3n) is 9.54. The molecule has 2 atom stereocenters. The van der Waals surface area contributed by atoms with Gasteiger partial charge in [0.1, 0.15) is 39.2 Å². The highest BCUT2D eigenvalue weighted by molar-refractivity contribution is 7.91. The Hall–Kier alpha value is -3.07. The average molecular weight is 663 g/mol. The summed E-state index contributed by atoms with van der Waals surface area (Å²) in [5.74, 6) is -4.38. The first-order chi connectivity index (χ1) is 21.8. The molecule has 0 saturated carbocycles. The highest BCUT2D eigenvalue weighted by Crippen LogP contribution is 2.40. The van der Waals surface area contributed by atoms with Crippen LogP contribution >= 0.6 is 0 Å². The highest BCUT2D eigenvalue weighted by atomic mass is 32.2. The van der Waals surface area contributed by atoms with Crippen LogP contribution in [-0.4, -0.2) is 76.9 Å². The fourth-order valence-corrected chi connectivity index (χ4v) is 8.52. The van der Waals surface area contributed by atoms with E-state index in [1.54, 1.807) is 19.9 Å². The summed E-state index contributed by atoms with van der Waals surface area (Å²) in [6.07, 6.45) is 0.570. The monoisotopic (exact) mass is 662 g/mol. The van der Waals surface area contributed by atoms with Crippen LogP contribution in [0.25, 0.3) is 11.0 Å². The van der Waals surface area contributed by atoms with Gasteiger partial charge in [-0.2, -0.15) is 0 Å². The van der Waals surface area contributed by atoms with Crippen LogP contribution in [0.3, 0.4) is 0 Å². The van der Waals surface area contributed by atoms with Crippen LogP contribution in [0.15, 0.2) is 29.1 Å². The number of pyridine rings is 1. The number of aliphatic hydroxyl groups is 1. The quantitative estimate of drug-likeness (QED) is 0.356. The minimum Gasteiger partial charge on any atom is -0.377 e. The van der Waals surface area contributed by atoms with E-state index in [-0.39, 0.29) is 65.3 Å². The summed E-state index contributed by atoms with van der Waals surface area (Å²) in [4.78, 5) is 25.2. The molecular weight excluding hydrogens is 621 g/mol. The predicted octanol–water partition coefficient (Wildman–Crippen LogP) is 3.82. The van der Waals surface area contributed by atoms with Crippen molar-refractivity contribution in [3.8, 4) is 0 Å². The largest absolute Gasteiger partial charge is 0.377 e. The molecule has 46 heavy (non-hydrogen) atoms. The Kier molecular flexibility index (Phi) is 9.18. The number of aliphatic hydroxyl groups excluding tert-OH is 1. The number of aryl methyl sites for hydroxylation is 1. The molecular formula is C32H41F3N6O4S. The van der Waals surface area contributed by atoms with Crippen molar-refractivity contribution >= 4 is 26.7 Å². The van der Waals surface area contributed by atoms with E-state index in [1.165, 1.54) is 16.7 Å². The zero-order chi connectivity index (χ0) is 32.8. The minimum absolute atomic E-state index is 0.0374. The summed E-state index contributed by atoms with van der Waals surface area (Å²) < 4.78 is 72.6. The first-order valence-electron chi connectivity index (χ1n) is 16.0. The van der Waals surface area contributed by atoms with Crippen LogP contribution in [0.2, 0.25) is 0 Å². The van der Waals surface area contributed by atoms with Crippen molar-refractivity contribution in [3.63, 3.8) is 0 Å². The summed E-state index contributed by atoms with van der Waals surface area (Å²) in [6.45, 7) is 5.45. The Morgan fingerprint density at radius 1 is 1.07 bits per heavy atom. The van der Waals surface area contributed by atoms with Gasteiger partial charge in [-0.1, -0.05) is 18.2 Å². The van der Waals surface area contributed by atoms with Crippen LogP contribution in [0.1, 0.15) is 73.5 Å². The number of hydrogen-bond acceptors (Lipinski definition) is 9. The number of rotatable bonds is 1. The van der Waals surface area contributed by atoms with Gasteiger partial charge in [0, 0.05) is 30.6 Å². The van der Waals surface area contributed by atoms with Gasteiger partial charge in [0.25, 0.3) is 11.5 Å². The Balaban J connectivity index is 1.44. The molecule has 14 heteroatoms. The molecule has 3 aromatic rings. The zero-order valence-electron chi connectivity index (χ0n) is 26.1. The molecule has 3 N–H and O–H groups in total. The van der Waals surface area contributed by atoms with Gasteiger partial charge in [-0.15, -0.1) is 0 Å². The minimum atomic E-state index is -3.34. The van der Waals surface area contributed by atoms with E-state index >= 15 is 13.2 Å². The van der Waals surface area contributed by atoms with Crippen molar-refractivity contribution in [2.24, 2.45) is 5.92 Å². The molecule has 250 valence electrons. The fraction of sp³-hybridized carbons (Fsp3) is 0.594.